The van der Waals surface area contributed by atoms with Gasteiger partial charge in [-0.05, 0) is 36.2 Å². The van der Waals surface area contributed by atoms with Gasteiger partial charge in [0.15, 0.2) is 11.6 Å². The molecule has 4 aromatic rings. The highest BCUT2D eigenvalue weighted by atomic mass is 35.5. The van der Waals surface area contributed by atoms with E-state index < -0.39 is 5.82 Å². The number of nitrogens with zero attached hydrogens (tertiary/aromatic N) is 4. The maximum absolute atomic E-state index is 14.0. The van der Waals surface area contributed by atoms with Crippen LogP contribution < -0.4 is 5.32 Å². The van der Waals surface area contributed by atoms with Gasteiger partial charge in [-0.1, -0.05) is 41.1 Å². The molecular formula is C17H13ClFN5OS. The van der Waals surface area contributed by atoms with Gasteiger partial charge < -0.3 is 10.4 Å². The number of fused-ring (bicyclic) bond motifs is 1. The van der Waals surface area contributed by atoms with Gasteiger partial charge in [-0.3, -0.25) is 0 Å². The summed E-state index contributed by atoms with van der Waals surface area (Å²) in [6.45, 7) is 0. The Bertz CT molecular complexity index is 1060. The van der Waals surface area contributed by atoms with Crippen molar-refractivity contribution in [1.29, 1.82) is 0 Å². The van der Waals surface area contributed by atoms with Gasteiger partial charge in [0.25, 0.3) is 0 Å². The molecule has 0 aliphatic carbocycles. The Morgan fingerprint density at radius 1 is 1.12 bits per heavy atom. The van der Waals surface area contributed by atoms with Crippen molar-refractivity contribution in [2.45, 2.75) is 12.8 Å². The first-order valence-corrected chi connectivity index (χ1v) is 8.99. The highest BCUT2D eigenvalue weighted by molar-refractivity contribution is 7.20. The summed E-state index contributed by atoms with van der Waals surface area (Å²) >= 11 is 7.07. The molecule has 4 rings (SSSR count). The topological polar surface area (TPSA) is 75.3 Å². The molecule has 2 aromatic heterocycles. The number of aryl methyl sites for hydroxylation is 2. The molecule has 2 N–H and O–H groups in total. The average Bonchev–Trinajstić information content (AvgIpc) is 3.19. The maximum atomic E-state index is 14.0. The first-order valence-electron chi connectivity index (χ1n) is 7.80. The lowest BCUT2D eigenvalue weighted by Gasteiger charge is -2.04. The second-order valence-corrected chi connectivity index (χ2v) is 6.97. The van der Waals surface area contributed by atoms with E-state index in [1.54, 1.807) is 28.8 Å². The van der Waals surface area contributed by atoms with E-state index >= 15 is 0 Å². The molecule has 0 amide bonds. The Kier molecular flexibility index (Phi) is 4.44. The summed E-state index contributed by atoms with van der Waals surface area (Å²) in [6.07, 6.45) is 1.38. The minimum absolute atomic E-state index is 0.0487. The van der Waals surface area contributed by atoms with Gasteiger partial charge in [-0.25, -0.2) is 4.39 Å². The fourth-order valence-electron chi connectivity index (χ4n) is 2.50. The van der Waals surface area contributed by atoms with E-state index in [2.05, 4.69) is 20.6 Å². The van der Waals surface area contributed by atoms with Gasteiger partial charge in [-0.2, -0.15) is 4.52 Å². The normalized spacial score (nSPS) is 11.2. The van der Waals surface area contributed by atoms with Crippen LogP contribution in [-0.4, -0.2) is 24.9 Å². The summed E-state index contributed by atoms with van der Waals surface area (Å²) in [4.78, 5) is 0.621. The minimum atomic E-state index is -0.521. The molecule has 2 heterocycles. The van der Waals surface area contributed by atoms with Gasteiger partial charge >= 0.3 is 0 Å². The number of phenolic OH excluding ortho intramolecular Hbond substituents is 1. The molecule has 132 valence electrons. The molecule has 0 spiro atoms. The molecular weight excluding hydrogens is 377 g/mol. The Labute approximate surface area is 156 Å². The average molecular weight is 390 g/mol. The van der Waals surface area contributed by atoms with E-state index in [1.165, 1.54) is 17.4 Å². The van der Waals surface area contributed by atoms with Crippen LogP contribution in [-0.2, 0) is 12.8 Å². The van der Waals surface area contributed by atoms with E-state index in [4.69, 9.17) is 11.6 Å². The molecule has 0 bridgehead atoms. The molecule has 2 aromatic carbocycles. The Morgan fingerprint density at radius 3 is 2.73 bits per heavy atom. The Morgan fingerprint density at radius 2 is 1.92 bits per heavy atom. The molecule has 0 aliphatic rings. The van der Waals surface area contributed by atoms with Crippen LogP contribution in [0.1, 0.15) is 11.4 Å². The smallest absolute Gasteiger partial charge is 0.236 e. The summed E-state index contributed by atoms with van der Waals surface area (Å²) < 4.78 is 15.7. The lowest BCUT2D eigenvalue weighted by Crippen LogP contribution is -2.00. The monoisotopic (exact) mass is 389 g/mol. The summed E-state index contributed by atoms with van der Waals surface area (Å²) in [5.41, 5.74) is 1.34. The molecule has 0 saturated carbocycles. The molecule has 0 fully saturated rings. The van der Waals surface area contributed by atoms with Gasteiger partial charge in [0.1, 0.15) is 5.75 Å². The largest absolute Gasteiger partial charge is 0.508 e. The lowest BCUT2D eigenvalue weighted by atomic mass is 10.1. The van der Waals surface area contributed by atoms with E-state index in [0.717, 1.165) is 12.0 Å². The summed E-state index contributed by atoms with van der Waals surface area (Å²) in [7, 11) is 0. The first kappa shape index (κ1) is 16.7. The predicted octanol–water partition coefficient (Wildman–Crippen LogP) is 4.21. The van der Waals surface area contributed by atoms with Crippen LogP contribution in [0.5, 0.6) is 5.75 Å². The highest BCUT2D eigenvalue weighted by Crippen LogP contribution is 2.28. The van der Waals surface area contributed by atoms with Crippen LogP contribution in [0.25, 0.3) is 4.96 Å². The molecule has 0 radical (unpaired) electrons. The fourth-order valence-corrected chi connectivity index (χ4v) is 3.44. The van der Waals surface area contributed by atoms with Gasteiger partial charge in [0.05, 0.1) is 10.7 Å². The molecule has 6 nitrogen and oxygen atoms in total. The number of aromatic nitrogens is 4. The van der Waals surface area contributed by atoms with Crippen LogP contribution in [0.15, 0.2) is 42.5 Å². The number of benzene rings is 2. The second kappa shape index (κ2) is 6.89. The third-order valence-corrected chi connectivity index (χ3v) is 4.93. The van der Waals surface area contributed by atoms with Crippen LogP contribution in [0.4, 0.5) is 15.2 Å². The predicted molar refractivity (Wildman–Crippen MR) is 98.9 cm³/mol. The van der Waals surface area contributed by atoms with Crippen molar-refractivity contribution >= 4 is 38.7 Å². The van der Waals surface area contributed by atoms with E-state index in [1.807, 2.05) is 12.1 Å². The third kappa shape index (κ3) is 3.33. The van der Waals surface area contributed by atoms with Gasteiger partial charge in [-0.15, -0.1) is 15.3 Å². The first-order chi connectivity index (χ1) is 12.6. The van der Waals surface area contributed by atoms with Crippen molar-refractivity contribution < 1.29 is 9.50 Å². The molecule has 0 aliphatic heterocycles. The standard InChI is InChI=1S/C17H13ClFN5OS/c18-12-2-1-3-13(15(12)19)20-16-23-24-14(21-22-17(24)26-16)9-6-10-4-7-11(25)8-5-10/h1-5,7-8,25H,6,9H2,(H,20,23). The van der Waals surface area contributed by atoms with Gasteiger partial charge in [0, 0.05) is 6.42 Å². The van der Waals surface area contributed by atoms with Crippen LogP contribution >= 0.6 is 22.9 Å². The van der Waals surface area contributed by atoms with Crippen molar-refractivity contribution in [1.82, 2.24) is 19.8 Å². The van der Waals surface area contributed by atoms with E-state index in [-0.39, 0.29) is 16.5 Å². The number of hydrogen-bond donors (Lipinski definition) is 2. The van der Waals surface area contributed by atoms with Crippen molar-refractivity contribution in [3.8, 4) is 5.75 Å². The van der Waals surface area contributed by atoms with Crippen LogP contribution in [0.3, 0.4) is 0 Å². The molecule has 0 atom stereocenters. The van der Waals surface area contributed by atoms with Crippen molar-refractivity contribution in [3.05, 3.63) is 64.7 Å². The quantitative estimate of drug-likeness (QED) is 0.534. The summed E-state index contributed by atoms with van der Waals surface area (Å²) in [5, 5.41) is 25.5. The number of aromatic hydroxyl groups is 1. The van der Waals surface area contributed by atoms with Crippen molar-refractivity contribution in [3.63, 3.8) is 0 Å². The highest BCUT2D eigenvalue weighted by Gasteiger charge is 2.14. The number of nitrogens with one attached hydrogen (secondary N) is 1. The summed E-state index contributed by atoms with van der Waals surface area (Å²) in [5.74, 6) is 0.429. The molecule has 9 heteroatoms. The van der Waals surface area contributed by atoms with Crippen molar-refractivity contribution in [2.24, 2.45) is 0 Å². The Balaban J connectivity index is 1.53. The van der Waals surface area contributed by atoms with Crippen LogP contribution in [0.2, 0.25) is 5.02 Å². The summed E-state index contributed by atoms with van der Waals surface area (Å²) in [6, 6.07) is 11.8. The minimum Gasteiger partial charge on any atom is -0.508 e. The van der Waals surface area contributed by atoms with Gasteiger partial charge in [0.2, 0.25) is 10.1 Å². The maximum Gasteiger partial charge on any atom is 0.236 e. The molecule has 0 saturated heterocycles. The second-order valence-electron chi connectivity index (χ2n) is 5.61. The molecule has 0 unspecified atom stereocenters. The number of hydrogen-bond acceptors (Lipinski definition) is 6. The fraction of sp³-hybridized carbons (Fsp3) is 0.118. The number of anilines is 2. The van der Waals surface area contributed by atoms with Crippen LogP contribution in [0, 0.1) is 5.82 Å². The number of rotatable bonds is 5. The zero-order valence-corrected chi connectivity index (χ0v) is 14.9. The van der Waals surface area contributed by atoms with E-state index in [0.29, 0.717) is 22.3 Å². The lowest BCUT2D eigenvalue weighted by molar-refractivity contribution is 0.475. The van der Waals surface area contributed by atoms with E-state index in [9.17, 15) is 9.50 Å². The number of halogens is 2. The zero-order chi connectivity index (χ0) is 18.1. The third-order valence-electron chi connectivity index (χ3n) is 3.82. The SMILES string of the molecule is Oc1ccc(CCc2nnc3sc(Nc4cccc(Cl)c4F)nn23)cc1. The zero-order valence-electron chi connectivity index (χ0n) is 13.4. The molecule has 26 heavy (non-hydrogen) atoms. The Hall–Kier alpha value is -2.71. The van der Waals surface area contributed by atoms with Crippen molar-refractivity contribution in [2.75, 3.05) is 5.32 Å². The number of phenols is 1.